The first-order valence-corrected chi connectivity index (χ1v) is 2.78. The second-order valence-electron chi connectivity index (χ2n) is 0.645. The summed E-state index contributed by atoms with van der Waals surface area (Å²) in [7, 11) is 0. The number of aliphatic carboxylic acids is 1. The van der Waals surface area contributed by atoms with Crippen molar-refractivity contribution in [1.29, 1.82) is 0 Å². The zero-order chi connectivity index (χ0) is 8.99. The Balaban J connectivity index is -0.0000000325. The first-order valence-electron chi connectivity index (χ1n) is 1.54. The van der Waals surface area contributed by atoms with Crippen LogP contribution in [0, 0.1) is 22.7 Å². The predicted molar refractivity (Wildman–Crippen MR) is 19.1 cm³/mol. The number of hydrogen-bond donors (Lipinski definition) is 1. The van der Waals surface area contributed by atoms with Crippen LogP contribution < -0.4 is 18.6 Å². The molecule has 0 atom stereocenters. The molecule has 0 aliphatic heterocycles. The molecule has 1 N–H and O–H groups in total. The van der Waals surface area contributed by atoms with Crippen molar-refractivity contribution < 1.29 is 51.2 Å². The molecular formula is C2H4CaCl2O6. The Hall–Kier alpha value is 1.15. The molecule has 0 radical (unpaired) electrons. The Morgan fingerprint density at radius 2 is 1.18 bits per heavy atom. The van der Waals surface area contributed by atoms with Gasteiger partial charge in [-0.15, -0.1) is 0 Å². The van der Waals surface area contributed by atoms with E-state index >= 15 is 0 Å². The molecule has 9 heteroatoms. The zero-order valence-corrected chi connectivity index (χ0v) is 9.17. The standard InChI is InChI=1S/C2H4O2.Ca.2ClO2/c1-2(3)4;;2*2-1-3/h1H3,(H,3,4);;;/q;+2;2*-1. The van der Waals surface area contributed by atoms with Gasteiger partial charge in [-0.3, -0.25) is 4.79 Å². The number of rotatable bonds is 0. The van der Waals surface area contributed by atoms with Crippen LogP contribution in [-0.4, -0.2) is 48.8 Å². The van der Waals surface area contributed by atoms with Crippen molar-refractivity contribution in [1.82, 2.24) is 0 Å². The van der Waals surface area contributed by atoms with Gasteiger partial charge in [0.15, 0.2) is 0 Å². The summed E-state index contributed by atoms with van der Waals surface area (Å²) in [6, 6.07) is 0. The molecule has 0 spiro atoms. The van der Waals surface area contributed by atoms with Gasteiger partial charge in [0.05, 0.1) is 22.7 Å². The summed E-state index contributed by atoms with van der Waals surface area (Å²) >= 11 is -0.833. The molecule has 0 aliphatic rings. The zero-order valence-electron chi connectivity index (χ0n) is 5.45. The van der Waals surface area contributed by atoms with Gasteiger partial charge in [0.25, 0.3) is 5.97 Å². The Bertz CT molecular complexity index is 56.5. The van der Waals surface area contributed by atoms with E-state index in [2.05, 4.69) is 0 Å². The molecule has 0 fully saturated rings. The average Bonchev–Trinajstić information content (AvgIpc) is 1.65. The van der Waals surface area contributed by atoms with Crippen molar-refractivity contribution >= 4 is 43.7 Å². The van der Waals surface area contributed by atoms with Crippen LogP contribution in [-0.2, 0) is 4.79 Å². The maximum atomic E-state index is 9.00. The van der Waals surface area contributed by atoms with Crippen molar-refractivity contribution in [2.45, 2.75) is 6.92 Å². The molecule has 11 heavy (non-hydrogen) atoms. The fourth-order valence-corrected chi connectivity index (χ4v) is 0. The quantitative estimate of drug-likeness (QED) is 0.418. The first kappa shape index (κ1) is 22.7. The molecule has 0 saturated heterocycles. The van der Waals surface area contributed by atoms with Crippen LogP contribution >= 0.6 is 0 Å². The van der Waals surface area contributed by atoms with Gasteiger partial charge in [-0.25, -0.2) is 0 Å². The van der Waals surface area contributed by atoms with E-state index in [-0.39, 0.29) is 37.7 Å². The van der Waals surface area contributed by atoms with Gasteiger partial charge in [-0.1, -0.05) is 0 Å². The van der Waals surface area contributed by atoms with Gasteiger partial charge < -0.3 is 23.7 Å². The van der Waals surface area contributed by atoms with E-state index in [1.807, 2.05) is 0 Å². The van der Waals surface area contributed by atoms with Crippen LogP contribution in [0.4, 0.5) is 0 Å². The van der Waals surface area contributed by atoms with Gasteiger partial charge >= 0.3 is 37.7 Å². The maximum Gasteiger partial charge on any atom is 2.00 e. The summed E-state index contributed by atoms with van der Waals surface area (Å²) in [6.07, 6.45) is 0. The smallest absolute Gasteiger partial charge is 0.544 e. The number of carboxylic acids is 1. The van der Waals surface area contributed by atoms with Gasteiger partial charge in [0, 0.05) is 6.92 Å². The summed E-state index contributed by atoms with van der Waals surface area (Å²) in [5.74, 6) is -0.833. The Morgan fingerprint density at radius 3 is 1.18 bits per heavy atom. The summed E-state index contributed by atoms with van der Waals surface area (Å²) in [4.78, 5) is 9.00. The van der Waals surface area contributed by atoms with E-state index in [0.717, 1.165) is 6.92 Å². The minimum Gasteiger partial charge on any atom is -0.544 e. The van der Waals surface area contributed by atoms with Gasteiger partial charge in [-0.2, -0.15) is 0 Å². The Kier molecular flexibility index (Phi) is 62.8. The number of hydrogen-bond acceptors (Lipinski definition) is 5. The minimum absolute atomic E-state index is 0. The van der Waals surface area contributed by atoms with E-state index in [1.165, 1.54) is 0 Å². The molecule has 0 heterocycles. The SMILES string of the molecule is CC(=O)O.[Ca+2].[O-][Cl+][O-].[O-][Cl+][O-]. The van der Waals surface area contributed by atoms with E-state index in [4.69, 9.17) is 28.5 Å². The summed E-state index contributed by atoms with van der Waals surface area (Å²) in [6.45, 7) is 1.08. The van der Waals surface area contributed by atoms with Crippen LogP contribution in [0.2, 0.25) is 0 Å². The molecule has 6 nitrogen and oxygen atoms in total. The second-order valence-corrected chi connectivity index (χ2v) is 0.897. The number of halogens is 2. The monoisotopic (exact) mass is 234 g/mol. The summed E-state index contributed by atoms with van der Waals surface area (Å²) in [5.41, 5.74) is 0. The first-order chi connectivity index (χ1) is 4.56. The Labute approximate surface area is 101 Å². The fraction of sp³-hybridized carbons (Fsp3) is 0.500. The van der Waals surface area contributed by atoms with Crippen LogP contribution in [0.5, 0.6) is 0 Å². The third-order valence-electron chi connectivity index (χ3n) is 0. The molecule has 0 aromatic carbocycles. The topological polar surface area (TPSA) is 130 Å². The Morgan fingerprint density at radius 1 is 1.18 bits per heavy atom. The molecule has 0 saturated carbocycles. The van der Waals surface area contributed by atoms with Gasteiger partial charge in [0.2, 0.25) is 0 Å². The molecule has 0 unspecified atom stereocenters. The number of carboxylic acid groups (broad SMARTS) is 1. The molecule has 0 bridgehead atoms. The van der Waals surface area contributed by atoms with Crippen LogP contribution in [0.15, 0.2) is 0 Å². The fourth-order valence-electron chi connectivity index (χ4n) is 0. The van der Waals surface area contributed by atoms with Crippen LogP contribution in [0.25, 0.3) is 0 Å². The summed E-state index contributed by atoms with van der Waals surface area (Å²) < 4.78 is 32.9. The van der Waals surface area contributed by atoms with E-state index in [9.17, 15) is 0 Å². The largest absolute Gasteiger partial charge is 2.00 e. The molecule has 0 amide bonds. The van der Waals surface area contributed by atoms with Crippen LogP contribution in [0.3, 0.4) is 0 Å². The molecule has 0 aromatic heterocycles. The van der Waals surface area contributed by atoms with Crippen LogP contribution in [0.1, 0.15) is 6.92 Å². The second kappa shape index (κ2) is 30.4. The molecular weight excluding hydrogens is 231 g/mol. The third-order valence-corrected chi connectivity index (χ3v) is 0. The predicted octanol–water partition coefficient (Wildman–Crippen LogP) is -5.05. The average molecular weight is 235 g/mol. The van der Waals surface area contributed by atoms with Gasteiger partial charge in [-0.05, 0) is 0 Å². The third kappa shape index (κ3) is 706. The maximum absolute atomic E-state index is 9.00. The molecule has 0 rings (SSSR count). The molecule has 64 valence electrons. The van der Waals surface area contributed by atoms with Crippen molar-refractivity contribution in [3.8, 4) is 0 Å². The normalized spacial score (nSPS) is 5.55. The van der Waals surface area contributed by atoms with Crippen molar-refractivity contribution in [3.05, 3.63) is 0 Å². The van der Waals surface area contributed by atoms with Crippen molar-refractivity contribution in [2.24, 2.45) is 0 Å². The molecule has 0 aliphatic carbocycles. The summed E-state index contributed by atoms with van der Waals surface area (Å²) in [5, 5.41) is 7.42. The molecule has 0 aromatic rings. The van der Waals surface area contributed by atoms with Gasteiger partial charge in [0.1, 0.15) is 0 Å². The minimum atomic E-state index is -0.833. The number of carbonyl (C=O) groups is 1. The van der Waals surface area contributed by atoms with Crippen molar-refractivity contribution in [2.75, 3.05) is 0 Å². The van der Waals surface area contributed by atoms with E-state index in [1.54, 1.807) is 0 Å². The van der Waals surface area contributed by atoms with E-state index < -0.39 is 28.6 Å². The van der Waals surface area contributed by atoms with Crippen molar-refractivity contribution in [3.63, 3.8) is 0 Å². The van der Waals surface area contributed by atoms with E-state index in [0.29, 0.717) is 0 Å².